The number of phenolic OH excluding ortho intramolecular Hbond substituents is 1. The highest BCUT2D eigenvalue weighted by Gasteiger charge is 2.39. The third kappa shape index (κ3) is 5.99. The van der Waals surface area contributed by atoms with Gasteiger partial charge in [0.15, 0.2) is 17.2 Å². The minimum Gasteiger partial charge on any atom is -0.507 e. The molecule has 2 aliphatic rings. The minimum absolute atomic E-state index is 0. The molecule has 1 aliphatic heterocycles. The number of phenols is 1. The summed E-state index contributed by atoms with van der Waals surface area (Å²) in [6, 6.07) is 0. The highest BCUT2D eigenvalue weighted by molar-refractivity contribution is 6.24. The van der Waals surface area contributed by atoms with Crippen LogP contribution in [0.1, 0.15) is 83.6 Å². The standard InChI is InChI=1S/C14H19NO4.C14H19NO3.CH4/c1-7-8(2)12(17)10(9(3)11(7)16)5-6-14(4,19)13(15)18;1-7-8(2)12-10(9(3)11(7)16)5-6-14(4,18-12)13(15)17;/h19H,5-6H2,1-4H3,(H2,15,18);16H,5-6H2,1-4H3,(H2,15,17);1H4/t2*14-;/m11./s1. The van der Waals surface area contributed by atoms with E-state index in [0.717, 1.165) is 22.3 Å². The van der Waals surface area contributed by atoms with Crippen LogP contribution in [0.25, 0.3) is 0 Å². The zero-order chi connectivity index (χ0) is 28.6. The molecule has 0 spiro atoms. The number of ketones is 2. The number of rotatable bonds is 5. The smallest absolute Gasteiger partial charge is 0.261 e. The Morgan fingerprint density at radius 1 is 0.947 bits per heavy atom. The number of fused-ring (bicyclic) bond motifs is 1. The maximum absolute atomic E-state index is 12.1. The van der Waals surface area contributed by atoms with E-state index in [1.54, 1.807) is 27.7 Å². The maximum atomic E-state index is 12.1. The van der Waals surface area contributed by atoms with Gasteiger partial charge in [-0.2, -0.15) is 0 Å². The second-order valence-corrected chi connectivity index (χ2v) is 10.4. The molecule has 3 rings (SSSR count). The molecular formula is C29H42N2O7. The molecule has 0 fully saturated rings. The number of aromatic hydroxyl groups is 1. The monoisotopic (exact) mass is 530 g/mol. The first-order chi connectivity index (χ1) is 16.9. The fourth-order valence-electron chi connectivity index (χ4n) is 4.37. The Hall–Kier alpha value is -3.46. The minimum atomic E-state index is -1.68. The fourth-order valence-corrected chi connectivity index (χ4v) is 4.37. The van der Waals surface area contributed by atoms with Crippen molar-refractivity contribution >= 4 is 23.4 Å². The molecule has 1 aliphatic carbocycles. The molecule has 0 bridgehead atoms. The predicted octanol–water partition coefficient (Wildman–Crippen LogP) is 3.33. The van der Waals surface area contributed by atoms with Gasteiger partial charge in [0.25, 0.3) is 5.91 Å². The molecule has 1 heterocycles. The number of allylic oxidation sites excluding steroid dienone is 4. The summed E-state index contributed by atoms with van der Waals surface area (Å²) < 4.78 is 5.84. The molecule has 0 radical (unpaired) electrons. The summed E-state index contributed by atoms with van der Waals surface area (Å²) in [5.74, 6) is -0.631. The number of primary amides is 2. The average Bonchev–Trinajstić information content (AvgIpc) is 2.83. The normalized spacial score (nSPS) is 20.4. The Morgan fingerprint density at radius 2 is 1.47 bits per heavy atom. The van der Waals surface area contributed by atoms with E-state index in [4.69, 9.17) is 16.2 Å². The van der Waals surface area contributed by atoms with Gasteiger partial charge in [-0.3, -0.25) is 19.2 Å². The Kier molecular flexibility index (Phi) is 9.87. The summed E-state index contributed by atoms with van der Waals surface area (Å²) in [4.78, 5) is 46.6. The molecule has 210 valence electrons. The molecule has 2 amide bonds. The van der Waals surface area contributed by atoms with Crippen LogP contribution < -0.4 is 16.2 Å². The van der Waals surface area contributed by atoms with Gasteiger partial charge in [-0.15, -0.1) is 0 Å². The number of hydrogen-bond donors (Lipinski definition) is 4. The second kappa shape index (κ2) is 11.5. The molecule has 0 aromatic heterocycles. The SMILES string of the molecule is C.CC1=C(C)C(=O)C(CC[C@@](C)(O)C(N)=O)=C(C)C1=O.Cc1c(C)c2c(c(C)c1O)CC[C@](C)(C(N)=O)O2. The highest BCUT2D eigenvalue weighted by Crippen LogP contribution is 2.43. The van der Waals surface area contributed by atoms with Crippen molar-refractivity contribution in [3.63, 3.8) is 0 Å². The van der Waals surface area contributed by atoms with Crippen molar-refractivity contribution < 1.29 is 34.1 Å². The van der Waals surface area contributed by atoms with Crippen LogP contribution in [0, 0.1) is 20.8 Å². The molecule has 0 unspecified atom stereocenters. The summed E-state index contributed by atoms with van der Waals surface area (Å²) in [5, 5.41) is 19.8. The van der Waals surface area contributed by atoms with Crippen LogP contribution in [0.15, 0.2) is 22.3 Å². The molecular weight excluding hydrogens is 488 g/mol. The second-order valence-electron chi connectivity index (χ2n) is 10.4. The molecule has 0 saturated carbocycles. The quantitative estimate of drug-likeness (QED) is 0.423. The summed E-state index contributed by atoms with van der Waals surface area (Å²) in [5.41, 5.74) is 12.9. The van der Waals surface area contributed by atoms with Crippen LogP contribution in [-0.4, -0.2) is 44.8 Å². The van der Waals surface area contributed by atoms with E-state index >= 15 is 0 Å². The molecule has 38 heavy (non-hydrogen) atoms. The number of aliphatic hydroxyl groups is 1. The third-order valence-electron chi connectivity index (χ3n) is 7.74. The van der Waals surface area contributed by atoms with Gasteiger partial charge in [-0.1, -0.05) is 7.43 Å². The van der Waals surface area contributed by atoms with Crippen molar-refractivity contribution in [2.75, 3.05) is 0 Å². The number of benzene rings is 1. The number of carbonyl (C=O) groups excluding carboxylic acids is 4. The van der Waals surface area contributed by atoms with Crippen molar-refractivity contribution in [1.29, 1.82) is 0 Å². The molecule has 1 aromatic carbocycles. The number of nitrogens with two attached hydrogens (primary N) is 2. The predicted molar refractivity (Wildman–Crippen MR) is 146 cm³/mol. The molecule has 2 atom stereocenters. The van der Waals surface area contributed by atoms with E-state index in [0.29, 0.717) is 46.6 Å². The third-order valence-corrected chi connectivity index (χ3v) is 7.74. The van der Waals surface area contributed by atoms with Gasteiger partial charge in [0.05, 0.1) is 0 Å². The zero-order valence-electron chi connectivity index (χ0n) is 22.9. The van der Waals surface area contributed by atoms with E-state index in [-0.39, 0.29) is 31.8 Å². The van der Waals surface area contributed by atoms with Gasteiger partial charge in [0.1, 0.15) is 17.1 Å². The summed E-state index contributed by atoms with van der Waals surface area (Å²) in [6.07, 6.45) is 1.39. The Balaban J connectivity index is 0.000000370. The van der Waals surface area contributed by atoms with Crippen molar-refractivity contribution in [2.24, 2.45) is 11.5 Å². The van der Waals surface area contributed by atoms with E-state index in [2.05, 4.69) is 0 Å². The summed E-state index contributed by atoms with van der Waals surface area (Å²) in [6.45, 7) is 13.4. The van der Waals surface area contributed by atoms with Crippen LogP contribution in [0.2, 0.25) is 0 Å². The van der Waals surface area contributed by atoms with Gasteiger partial charge in [-0.05, 0) is 91.3 Å². The van der Waals surface area contributed by atoms with E-state index in [1.165, 1.54) is 6.92 Å². The maximum Gasteiger partial charge on any atom is 0.261 e. The lowest BCUT2D eigenvalue weighted by Gasteiger charge is -2.35. The van der Waals surface area contributed by atoms with E-state index < -0.39 is 23.0 Å². The van der Waals surface area contributed by atoms with Gasteiger partial charge in [-0.25, -0.2) is 0 Å². The first kappa shape index (κ1) is 32.6. The van der Waals surface area contributed by atoms with Gasteiger partial charge in [0.2, 0.25) is 5.91 Å². The highest BCUT2D eigenvalue weighted by atomic mass is 16.5. The number of hydrogen-bond acceptors (Lipinski definition) is 7. The number of carbonyl (C=O) groups is 4. The van der Waals surface area contributed by atoms with Crippen LogP contribution in [0.4, 0.5) is 0 Å². The topological polar surface area (TPSA) is 170 Å². The molecule has 1 aromatic rings. The molecule has 9 heteroatoms. The number of amides is 2. The van der Waals surface area contributed by atoms with E-state index in [9.17, 15) is 29.4 Å². The van der Waals surface area contributed by atoms with Crippen molar-refractivity contribution in [2.45, 2.75) is 99.7 Å². The fraction of sp³-hybridized carbons (Fsp3) is 0.517. The Morgan fingerprint density at radius 3 is 1.97 bits per heavy atom. The van der Waals surface area contributed by atoms with Crippen LogP contribution in [0.5, 0.6) is 11.5 Å². The molecule has 6 N–H and O–H groups in total. The first-order valence-corrected chi connectivity index (χ1v) is 12.2. The van der Waals surface area contributed by atoms with Crippen LogP contribution >= 0.6 is 0 Å². The largest absolute Gasteiger partial charge is 0.507 e. The van der Waals surface area contributed by atoms with Gasteiger partial charge >= 0.3 is 0 Å². The number of Topliss-reactive ketones (excluding diaryl/α,β-unsaturated/α-hetero) is 2. The lowest BCUT2D eigenvalue weighted by atomic mass is 9.82. The zero-order valence-corrected chi connectivity index (χ0v) is 22.9. The Labute approximate surface area is 224 Å². The van der Waals surface area contributed by atoms with E-state index in [1.807, 2.05) is 20.8 Å². The molecule has 9 nitrogen and oxygen atoms in total. The van der Waals surface area contributed by atoms with Crippen LogP contribution in [0.3, 0.4) is 0 Å². The lowest BCUT2D eigenvalue weighted by molar-refractivity contribution is -0.135. The van der Waals surface area contributed by atoms with Crippen molar-refractivity contribution in [3.05, 3.63) is 44.5 Å². The summed E-state index contributed by atoms with van der Waals surface area (Å²) in [7, 11) is 0. The van der Waals surface area contributed by atoms with Crippen molar-refractivity contribution in [3.8, 4) is 11.5 Å². The summed E-state index contributed by atoms with van der Waals surface area (Å²) >= 11 is 0. The first-order valence-electron chi connectivity index (χ1n) is 12.2. The van der Waals surface area contributed by atoms with Gasteiger partial charge in [0, 0.05) is 34.3 Å². The van der Waals surface area contributed by atoms with Gasteiger partial charge < -0.3 is 26.4 Å². The Bertz CT molecular complexity index is 1250. The lowest BCUT2D eigenvalue weighted by Crippen LogP contribution is -2.48. The molecule has 0 saturated heterocycles. The van der Waals surface area contributed by atoms with Crippen molar-refractivity contribution in [1.82, 2.24) is 0 Å². The average molecular weight is 531 g/mol. The number of ether oxygens (including phenoxy) is 1. The van der Waals surface area contributed by atoms with Crippen LogP contribution in [-0.2, 0) is 25.6 Å².